The van der Waals surface area contributed by atoms with E-state index in [4.69, 9.17) is 16.3 Å². The number of nitrogens with zero attached hydrogens (tertiary/aromatic N) is 7. The summed E-state index contributed by atoms with van der Waals surface area (Å²) in [5.74, 6) is 0.939. The molecule has 0 aliphatic carbocycles. The molecule has 2 N–H and O–H groups in total. The molecule has 3 aromatic heterocycles. The van der Waals surface area contributed by atoms with Gasteiger partial charge in [0.05, 0.1) is 29.8 Å². The molecule has 0 aliphatic heterocycles. The van der Waals surface area contributed by atoms with Gasteiger partial charge in [-0.25, -0.2) is 24.9 Å². The van der Waals surface area contributed by atoms with Crippen molar-refractivity contribution in [2.75, 3.05) is 12.4 Å². The van der Waals surface area contributed by atoms with Crippen molar-refractivity contribution in [3.05, 3.63) is 89.0 Å². The quantitative estimate of drug-likeness (QED) is 0.265. The lowest BCUT2D eigenvalue weighted by atomic mass is 10.1. The maximum Gasteiger partial charge on any atom is 0.418 e. The maximum absolute atomic E-state index is 13.6. The zero-order valence-corrected chi connectivity index (χ0v) is 22.3. The molecule has 210 valence electrons. The van der Waals surface area contributed by atoms with Gasteiger partial charge in [-0.3, -0.25) is 4.79 Å². The first-order chi connectivity index (χ1) is 19.6. The second-order valence-corrected chi connectivity index (χ2v) is 9.20. The van der Waals surface area contributed by atoms with E-state index < -0.39 is 17.8 Å². The summed E-state index contributed by atoms with van der Waals surface area (Å²) < 4.78 is 47.2. The van der Waals surface area contributed by atoms with Crippen molar-refractivity contribution in [1.82, 2.24) is 40.0 Å². The van der Waals surface area contributed by atoms with Gasteiger partial charge in [-0.05, 0) is 36.8 Å². The summed E-state index contributed by atoms with van der Waals surface area (Å²) in [5.41, 5.74) is -0.140. The smallest absolute Gasteiger partial charge is 0.418 e. The number of rotatable bonds is 8. The first-order valence-corrected chi connectivity index (χ1v) is 12.4. The van der Waals surface area contributed by atoms with E-state index in [0.717, 1.165) is 18.0 Å². The van der Waals surface area contributed by atoms with Crippen LogP contribution in [0.3, 0.4) is 0 Å². The Labute approximate surface area is 235 Å². The van der Waals surface area contributed by atoms with E-state index in [2.05, 4.69) is 40.7 Å². The number of anilines is 1. The van der Waals surface area contributed by atoms with Crippen LogP contribution in [0.25, 0.3) is 16.9 Å². The fourth-order valence-electron chi connectivity index (χ4n) is 4.01. The van der Waals surface area contributed by atoms with E-state index in [0.29, 0.717) is 18.1 Å². The number of halogens is 4. The number of hydrogen-bond donors (Lipinski definition) is 2. The predicted octanol–water partition coefficient (Wildman–Crippen LogP) is 4.78. The summed E-state index contributed by atoms with van der Waals surface area (Å²) in [6.07, 6.45) is 0.369. The molecule has 41 heavy (non-hydrogen) atoms. The highest BCUT2D eigenvalue weighted by atomic mass is 35.5. The van der Waals surface area contributed by atoms with E-state index in [9.17, 15) is 18.0 Å². The number of carbonyl (C=O) groups excluding carboxylic acids is 1. The lowest BCUT2D eigenvalue weighted by Gasteiger charge is -2.17. The molecule has 3 heterocycles. The molecule has 5 rings (SSSR count). The van der Waals surface area contributed by atoms with Crippen molar-refractivity contribution in [3.63, 3.8) is 0 Å². The Morgan fingerprint density at radius 1 is 1.05 bits per heavy atom. The molecule has 0 fully saturated rings. The van der Waals surface area contributed by atoms with Crippen LogP contribution in [0, 0.1) is 0 Å². The van der Waals surface area contributed by atoms with E-state index in [1.807, 2.05) is 12.1 Å². The molecule has 0 radical (unpaired) electrons. The summed E-state index contributed by atoms with van der Waals surface area (Å²) in [5, 5.41) is 9.99. The molecule has 0 bridgehead atoms. The zero-order chi connectivity index (χ0) is 29.1. The van der Waals surface area contributed by atoms with Crippen molar-refractivity contribution < 1.29 is 22.7 Å². The molecule has 0 saturated heterocycles. The molecule has 11 nitrogen and oxygen atoms in total. The SMILES string of the molecule is COc1ccc(CNC(=O)c2cnc(-n3ncnc3[C@H](C)Nc3ncnc4c(C(F)(F)F)cc(Cl)cc34)nc2)cc1. The van der Waals surface area contributed by atoms with Crippen LogP contribution in [0.15, 0.2) is 61.4 Å². The number of carbonyl (C=O) groups is 1. The van der Waals surface area contributed by atoms with Crippen molar-refractivity contribution in [2.45, 2.75) is 25.7 Å². The van der Waals surface area contributed by atoms with E-state index in [1.54, 1.807) is 26.2 Å². The summed E-state index contributed by atoms with van der Waals surface area (Å²) in [6, 6.07) is 8.84. The second kappa shape index (κ2) is 11.3. The highest BCUT2D eigenvalue weighted by Crippen LogP contribution is 2.38. The molecule has 1 amide bonds. The lowest BCUT2D eigenvalue weighted by Crippen LogP contribution is -2.23. The van der Waals surface area contributed by atoms with E-state index in [1.165, 1.54) is 29.5 Å². The third kappa shape index (κ3) is 6.01. The number of alkyl halides is 3. The lowest BCUT2D eigenvalue weighted by molar-refractivity contribution is -0.136. The van der Waals surface area contributed by atoms with Crippen LogP contribution in [-0.2, 0) is 12.7 Å². The van der Waals surface area contributed by atoms with Crippen molar-refractivity contribution in [1.29, 1.82) is 0 Å². The first kappa shape index (κ1) is 27.7. The minimum absolute atomic E-state index is 0.0893. The summed E-state index contributed by atoms with van der Waals surface area (Å²) in [7, 11) is 1.58. The Morgan fingerprint density at radius 3 is 2.46 bits per heavy atom. The van der Waals surface area contributed by atoms with Gasteiger partial charge in [0.2, 0.25) is 0 Å². The predicted molar refractivity (Wildman–Crippen MR) is 143 cm³/mol. The number of hydrogen-bond acceptors (Lipinski definition) is 9. The highest BCUT2D eigenvalue weighted by Gasteiger charge is 2.34. The van der Waals surface area contributed by atoms with Gasteiger partial charge in [0.15, 0.2) is 5.82 Å². The van der Waals surface area contributed by atoms with Gasteiger partial charge < -0.3 is 15.4 Å². The Balaban J connectivity index is 1.32. The number of fused-ring (bicyclic) bond motifs is 1. The third-order valence-corrected chi connectivity index (χ3v) is 6.24. The van der Waals surface area contributed by atoms with Crippen LogP contribution in [0.1, 0.15) is 40.3 Å². The average molecular weight is 584 g/mol. The standard InChI is InChI=1S/C26H21ClF3N9O2/c1-14(38-22-19-7-17(27)8-20(26(28,29)30)21(19)34-12-35-22)23-36-13-37-39(23)25-32-10-16(11-33-25)24(40)31-9-15-3-5-18(41-2)6-4-15/h3-8,10-14H,9H2,1-2H3,(H,31,40)(H,34,35,38)/t14-/m0/s1. The Morgan fingerprint density at radius 2 is 1.78 bits per heavy atom. The molecule has 0 unspecified atom stereocenters. The Hall–Kier alpha value is -4.85. The van der Waals surface area contributed by atoms with Crippen LogP contribution in [0.4, 0.5) is 19.0 Å². The second-order valence-electron chi connectivity index (χ2n) is 8.77. The first-order valence-electron chi connectivity index (χ1n) is 12.1. The van der Waals surface area contributed by atoms with Gasteiger partial charge in [-0.2, -0.15) is 23.0 Å². The third-order valence-electron chi connectivity index (χ3n) is 6.03. The monoisotopic (exact) mass is 583 g/mol. The van der Waals surface area contributed by atoms with Gasteiger partial charge in [-0.1, -0.05) is 23.7 Å². The minimum Gasteiger partial charge on any atom is -0.497 e. The largest absolute Gasteiger partial charge is 0.497 e. The van der Waals surface area contributed by atoms with E-state index in [-0.39, 0.29) is 39.2 Å². The molecule has 0 saturated carbocycles. The maximum atomic E-state index is 13.6. The molecule has 5 aromatic rings. The zero-order valence-electron chi connectivity index (χ0n) is 21.5. The van der Waals surface area contributed by atoms with Crippen LogP contribution in [-0.4, -0.2) is 47.7 Å². The van der Waals surface area contributed by atoms with Crippen LogP contribution in [0.2, 0.25) is 5.02 Å². The van der Waals surface area contributed by atoms with Crippen LogP contribution < -0.4 is 15.4 Å². The fraction of sp³-hybridized carbons (Fsp3) is 0.192. The molecular formula is C26H21ClF3N9O2. The topological polar surface area (TPSA) is 133 Å². The Kier molecular flexibility index (Phi) is 7.66. The van der Waals surface area contributed by atoms with Gasteiger partial charge >= 0.3 is 6.18 Å². The molecule has 1 atom stereocenters. The van der Waals surface area contributed by atoms with Gasteiger partial charge in [0, 0.05) is 29.3 Å². The van der Waals surface area contributed by atoms with Crippen molar-refractivity contribution in [2.24, 2.45) is 0 Å². The number of nitrogens with one attached hydrogen (secondary N) is 2. The van der Waals surface area contributed by atoms with Crippen LogP contribution >= 0.6 is 11.6 Å². The fourth-order valence-corrected chi connectivity index (χ4v) is 4.23. The number of methoxy groups -OCH3 is 1. The van der Waals surface area contributed by atoms with Crippen molar-refractivity contribution in [3.8, 4) is 11.7 Å². The number of ether oxygens (including phenoxy) is 1. The average Bonchev–Trinajstić information content (AvgIpc) is 3.46. The van der Waals surface area contributed by atoms with Gasteiger partial charge in [0.25, 0.3) is 11.9 Å². The highest BCUT2D eigenvalue weighted by molar-refractivity contribution is 6.31. The summed E-state index contributed by atoms with van der Waals surface area (Å²) in [4.78, 5) is 33.3. The molecular weight excluding hydrogens is 563 g/mol. The number of aromatic nitrogens is 7. The van der Waals surface area contributed by atoms with E-state index >= 15 is 0 Å². The molecule has 2 aromatic carbocycles. The van der Waals surface area contributed by atoms with Crippen LogP contribution in [0.5, 0.6) is 5.75 Å². The summed E-state index contributed by atoms with van der Waals surface area (Å²) >= 11 is 5.98. The van der Waals surface area contributed by atoms with Crippen molar-refractivity contribution >= 4 is 34.2 Å². The van der Waals surface area contributed by atoms with Gasteiger partial charge in [-0.15, -0.1) is 0 Å². The summed E-state index contributed by atoms with van der Waals surface area (Å²) in [6.45, 7) is 2.01. The number of benzene rings is 2. The van der Waals surface area contributed by atoms with Gasteiger partial charge in [0.1, 0.15) is 24.2 Å². The normalized spacial score (nSPS) is 12.2. The number of amides is 1. The molecule has 0 spiro atoms. The molecule has 15 heteroatoms. The molecule has 0 aliphatic rings. The Bertz CT molecular complexity index is 1690. The minimum atomic E-state index is -4.66.